The third-order valence-electron chi connectivity index (χ3n) is 9.21. The number of rotatable bonds is 3. The van der Waals surface area contributed by atoms with Crippen LogP contribution in [0.25, 0.3) is 11.3 Å². The molecule has 0 unspecified atom stereocenters. The van der Waals surface area contributed by atoms with Crippen LogP contribution in [-0.2, 0) is 9.53 Å². The van der Waals surface area contributed by atoms with E-state index in [-0.39, 0.29) is 29.6 Å². The molecule has 0 saturated heterocycles. The summed E-state index contributed by atoms with van der Waals surface area (Å²) in [6.45, 7) is 6.68. The minimum atomic E-state index is -1.28. The van der Waals surface area contributed by atoms with Crippen LogP contribution in [0.5, 0.6) is 5.75 Å². The highest BCUT2D eigenvalue weighted by Gasteiger charge is 2.70. The summed E-state index contributed by atoms with van der Waals surface area (Å²) < 4.78 is 17.9. The second-order valence-corrected chi connectivity index (χ2v) is 11.2. The molecule has 0 radical (unpaired) electrons. The zero-order chi connectivity index (χ0) is 26.0. The molecule has 194 valence electrons. The molecule has 0 aromatic carbocycles. The van der Waals surface area contributed by atoms with Crippen molar-refractivity contribution in [2.75, 3.05) is 6.61 Å². The lowest BCUT2D eigenvalue weighted by molar-refractivity contribution is -0.268. The molecule has 2 saturated carbocycles. The van der Waals surface area contributed by atoms with E-state index in [9.17, 15) is 24.9 Å². The number of pyridine rings is 1. The van der Waals surface area contributed by atoms with E-state index >= 15 is 0 Å². The van der Waals surface area contributed by atoms with Crippen molar-refractivity contribution in [2.24, 2.45) is 22.7 Å². The van der Waals surface area contributed by atoms with Gasteiger partial charge in [0.1, 0.15) is 28.8 Å². The molecule has 2 aromatic heterocycles. The van der Waals surface area contributed by atoms with Crippen LogP contribution in [-0.4, -0.2) is 50.7 Å². The molecule has 5 rings (SSSR count). The molecule has 0 spiro atoms. The van der Waals surface area contributed by atoms with Gasteiger partial charge in [-0.3, -0.25) is 9.78 Å². The molecular weight excluding hydrogens is 466 g/mol. The number of nitrogens with zero attached hydrogens (tertiary/aromatic N) is 1. The number of ether oxygens (including phenoxy) is 2. The Kier molecular flexibility index (Phi) is 5.81. The number of carbonyl (C=O) groups excluding carboxylic acids is 1. The van der Waals surface area contributed by atoms with Gasteiger partial charge in [0.05, 0.1) is 18.8 Å². The molecular formula is C27H33NO8. The summed E-state index contributed by atoms with van der Waals surface area (Å²) in [6.07, 6.45) is 1.63. The van der Waals surface area contributed by atoms with Crippen LogP contribution in [0.4, 0.5) is 0 Å². The maximum absolute atomic E-state index is 13.2. The van der Waals surface area contributed by atoms with E-state index in [2.05, 4.69) is 4.98 Å². The van der Waals surface area contributed by atoms with Gasteiger partial charge >= 0.3 is 11.6 Å². The number of hydrogen-bond donors (Lipinski definition) is 3. The normalized spacial score (nSPS) is 39.2. The largest absolute Gasteiger partial charge is 0.482 e. The van der Waals surface area contributed by atoms with Crippen molar-refractivity contribution in [2.45, 2.75) is 70.9 Å². The van der Waals surface area contributed by atoms with E-state index in [0.29, 0.717) is 24.8 Å². The maximum atomic E-state index is 13.2. The zero-order valence-corrected chi connectivity index (χ0v) is 20.9. The van der Waals surface area contributed by atoms with E-state index in [0.717, 1.165) is 0 Å². The Morgan fingerprint density at radius 1 is 1.28 bits per heavy atom. The molecule has 1 aliphatic heterocycles. The Labute approximate surface area is 209 Å². The molecule has 8 atom stereocenters. The molecule has 3 heterocycles. The summed E-state index contributed by atoms with van der Waals surface area (Å²) in [5.74, 6) is -1.07. The third kappa shape index (κ3) is 3.43. The number of hydrogen-bond acceptors (Lipinski definition) is 9. The fourth-order valence-corrected chi connectivity index (χ4v) is 7.42. The fourth-order valence-electron chi connectivity index (χ4n) is 7.42. The minimum absolute atomic E-state index is 0.0189. The first-order valence-electron chi connectivity index (χ1n) is 12.4. The lowest BCUT2D eigenvalue weighted by Crippen LogP contribution is -2.71. The quantitative estimate of drug-likeness (QED) is 0.544. The average molecular weight is 500 g/mol. The van der Waals surface area contributed by atoms with Crippen LogP contribution in [0.1, 0.15) is 58.6 Å². The first-order valence-corrected chi connectivity index (χ1v) is 12.4. The summed E-state index contributed by atoms with van der Waals surface area (Å²) in [7, 11) is 0. The maximum Gasteiger partial charge on any atom is 0.345 e. The summed E-state index contributed by atoms with van der Waals surface area (Å²) >= 11 is 0. The van der Waals surface area contributed by atoms with Crippen LogP contribution in [0, 0.1) is 22.7 Å². The standard InChI is InChI=1S/C27H33NO8/c1-14(30)34-20-11-18-25(2,8-7-19(31)26(18,3)13-29)23-22(32)21-17(36-27(20,23)4)10-16(35-24(21)33)15-6-5-9-28-12-15/h5-6,9-10,12,18-20,22-23,29,31-32H,7-8,11,13H2,1-4H3/t18-,19+,20+,22+,23-,25+,26+,27-/m1/s1. The fraction of sp³-hybridized carbons (Fsp3) is 0.593. The van der Waals surface area contributed by atoms with Crippen LogP contribution in [0.2, 0.25) is 0 Å². The van der Waals surface area contributed by atoms with Gasteiger partial charge in [-0.2, -0.15) is 0 Å². The highest BCUT2D eigenvalue weighted by atomic mass is 16.6. The number of carbonyl (C=O) groups is 1. The van der Waals surface area contributed by atoms with Gasteiger partial charge < -0.3 is 29.2 Å². The molecule has 9 heteroatoms. The smallest absolute Gasteiger partial charge is 0.345 e. The van der Waals surface area contributed by atoms with E-state index in [1.807, 2.05) is 13.8 Å². The number of fused-ring (bicyclic) bond motifs is 4. The second-order valence-electron chi connectivity index (χ2n) is 11.2. The third-order valence-corrected chi connectivity index (χ3v) is 9.21. The van der Waals surface area contributed by atoms with Gasteiger partial charge in [-0.15, -0.1) is 0 Å². The Bertz CT molecular complexity index is 1230. The van der Waals surface area contributed by atoms with Gasteiger partial charge in [0.25, 0.3) is 0 Å². The minimum Gasteiger partial charge on any atom is -0.482 e. The summed E-state index contributed by atoms with van der Waals surface area (Å²) in [4.78, 5) is 29.5. The molecule has 3 aliphatic rings. The van der Waals surface area contributed by atoms with Crippen molar-refractivity contribution < 1.29 is 34.0 Å². The average Bonchev–Trinajstić information content (AvgIpc) is 2.82. The van der Waals surface area contributed by atoms with Crippen LogP contribution in [0.15, 0.2) is 39.8 Å². The van der Waals surface area contributed by atoms with Gasteiger partial charge in [-0.05, 0) is 49.7 Å². The molecule has 36 heavy (non-hydrogen) atoms. The van der Waals surface area contributed by atoms with Crippen molar-refractivity contribution in [3.63, 3.8) is 0 Å². The van der Waals surface area contributed by atoms with Gasteiger partial charge in [0, 0.05) is 42.3 Å². The molecule has 0 amide bonds. The first kappa shape index (κ1) is 24.9. The van der Waals surface area contributed by atoms with Gasteiger partial charge in [-0.1, -0.05) is 13.8 Å². The Hall–Kier alpha value is -2.75. The Morgan fingerprint density at radius 2 is 2.03 bits per heavy atom. The second kappa shape index (κ2) is 8.39. The molecule has 9 nitrogen and oxygen atoms in total. The van der Waals surface area contributed by atoms with Gasteiger partial charge in [0.15, 0.2) is 0 Å². The van der Waals surface area contributed by atoms with Crippen LogP contribution >= 0.6 is 0 Å². The predicted octanol–water partition coefficient (Wildman–Crippen LogP) is 2.61. The van der Waals surface area contributed by atoms with Gasteiger partial charge in [0.2, 0.25) is 0 Å². The van der Waals surface area contributed by atoms with Crippen molar-refractivity contribution in [3.05, 3.63) is 46.6 Å². The molecule has 2 aliphatic carbocycles. The monoisotopic (exact) mass is 499 g/mol. The Morgan fingerprint density at radius 3 is 2.67 bits per heavy atom. The molecule has 0 bridgehead atoms. The van der Waals surface area contributed by atoms with Crippen LogP contribution in [0.3, 0.4) is 0 Å². The summed E-state index contributed by atoms with van der Waals surface area (Å²) in [6, 6.07) is 5.04. The molecule has 2 aromatic rings. The SMILES string of the molecule is CC(=O)O[C@H]1C[C@@H]2[C@](C)(CC[C@H](O)[C@@]2(C)CO)[C@H]2[C@@H](O)c3c(cc(-c4cccnc4)oc3=O)O[C@]12C. The number of esters is 1. The highest BCUT2D eigenvalue weighted by Crippen LogP contribution is 2.67. The number of aliphatic hydroxyl groups is 3. The topological polar surface area (TPSA) is 139 Å². The van der Waals surface area contributed by atoms with Crippen molar-refractivity contribution >= 4 is 5.97 Å². The number of aliphatic hydroxyl groups excluding tert-OH is 3. The molecule has 2 fully saturated rings. The van der Waals surface area contributed by atoms with E-state index < -0.39 is 52.3 Å². The summed E-state index contributed by atoms with van der Waals surface area (Å²) in [5.41, 5.74) is -2.83. The van der Waals surface area contributed by atoms with E-state index in [1.54, 1.807) is 37.5 Å². The summed E-state index contributed by atoms with van der Waals surface area (Å²) in [5, 5.41) is 33.1. The zero-order valence-electron chi connectivity index (χ0n) is 20.9. The first-order chi connectivity index (χ1) is 17.0. The van der Waals surface area contributed by atoms with Crippen LogP contribution < -0.4 is 10.4 Å². The van der Waals surface area contributed by atoms with Crippen molar-refractivity contribution in [3.8, 4) is 17.1 Å². The Balaban J connectivity index is 1.69. The van der Waals surface area contributed by atoms with E-state index in [1.165, 1.54) is 6.92 Å². The lowest BCUT2D eigenvalue weighted by Gasteiger charge is -2.66. The lowest BCUT2D eigenvalue weighted by atomic mass is 9.42. The van der Waals surface area contributed by atoms with Crippen molar-refractivity contribution in [1.29, 1.82) is 0 Å². The van der Waals surface area contributed by atoms with Gasteiger partial charge in [-0.25, -0.2) is 4.79 Å². The predicted molar refractivity (Wildman–Crippen MR) is 128 cm³/mol. The molecule has 3 N–H and O–H groups in total. The van der Waals surface area contributed by atoms with E-state index in [4.69, 9.17) is 13.9 Å². The number of aromatic nitrogens is 1. The highest BCUT2D eigenvalue weighted by molar-refractivity contribution is 5.66. The van der Waals surface area contributed by atoms with Crippen molar-refractivity contribution in [1.82, 2.24) is 4.98 Å².